The second-order valence-electron chi connectivity index (χ2n) is 6.14. The van der Waals surface area contributed by atoms with Gasteiger partial charge in [-0.2, -0.15) is 0 Å². The summed E-state index contributed by atoms with van der Waals surface area (Å²) in [6, 6.07) is 3.95. The first-order chi connectivity index (χ1) is 10.7. The van der Waals surface area contributed by atoms with Crippen molar-refractivity contribution in [3.8, 4) is 0 Å². The van der Waals surface area contributed by atoms with Crippen molar-refractivity contribution in [1.82, 2.24) is 9.80 Å². The van der Waals surface area contributed by atoms with Crippen LogP contribution in [-0.2, 0) is 4.79 Å². The Hall–Kier alpha value is -1.17. The molecule has 0 unspecified atom stereocenters. The molecule has 0 spiro atoms. The van der Waals surface area contributed by atoms with Gasteiger partial charge in [-0.25, -0.2) is 0 Å². The average molecular weight is 320 g/mol. The van der Waals surface area contributed by atoms with E-state index in [9.17, 15) is 9.90 Å². The Morgan fingerprint density at radius 1 is 1.32 bits per heavy atom. The van der Waals surface area contributed by atoms with Crippen LogP contribution >= 0.6 is 11.3 Å². The van der Waals surface area contributed by atoms with Gasteiger partial charge in [0.1, 0.15) is 6.10 Å². The maximum absolute atomic E-state index is 12.5. The zero-order chi connectivity index (χ0) is 15.4. The molecule has 1 N–H and O–H groups in total. The maximum atomic E-state index is 12.5. The molecule has 1 aliphatic carbocycles. The molecule has 1 saturated heterocycles. The van der Waals surface area contributed by atoms with Gasteiger partial charge in [0, 0.05) is 43.5 Å². The van der Waals surface area contributed by atoms with Crippen LogP contribution in [0.5, 0.6) is 0 Å². The van der Waals surface area contributed by atoms with Gasteiger partial charge in [0.05, 0.1) is 0 Å². The smallest absolute Gasteiger partial charge is 0.226 e. The zero-order valence-electron chi connectivity index (χ0n) is 12.9. The van der Waals surface area contributed by atoms with Gasteiger partial charge in [-0.1, -0.05) is 18.2 Å². The highest BCUT2D eigenvalue weighted by Crippen LogP contribution is 2.23. The molecule has 1 aliphatic heterocycles. The highest BCUT2D eigenvalue weighted by atomic mass is 32.1. The van der Waals surface area contributed by atoms with Gasteiger partial charge in [0.15, 0.2) is 0 Å². The van der Waals surface area contributed by atoms with Crippen LogP contribution in [0.3, 0.4) is 0 Å². The Balaban J connectivity index is 1.46. The molecule has 1 aromatic rings. The molecule has 5 heteroatoms. The number of amides is 1. The quantitative estimate of drug-likeness (QED) is 0.866. The first-order valence-electron chi connectivity index (χ1n) is 8.11. The molecule has 1 fully saturated rings. The summed E-state index contributed by atoms with van der Waals surface area (Å²) in [5.41, 5.74) is 0. The summed E-state index contributed by atoms with van der Waals surface area (Å²) in [5.74, 6) is 0.510. The number of thiophene rings is 1. The van der Waals surface area contributed by atoms with E-state index in [0.717, 1.165) is 50.3 Å². The zero-order valence-corrected chi connectivity index (χ0v) is 13.7. The van der Waals surface area contributed by atoms with Crippen molar-refractivity contribution in [2.45, 2.75) is 25.4 Å². The average Bonchev–Trinajstić information content (AvgIpc) is 3.10. The molecule has 2 aliphatic rings. The van der Waals surface area contributed by atoms with E-state index in [1.807, 2.05) is 22.4 Å². The van der Waals surface area contributed by atoms with Crippen LogP contribution in [0.4, 0.5) is 0 Å². The number of rotatable bonds is 4. The molecule has 4 nitrogen and oxygen atoms in total. The number of allylic oxidation sites excluding steroid dienone is 2. The van der Waals surface area contributed by atoms with E-state index in [1.165, 1.54) is 0 Å². The first-order valence-corrected chi connectivity index (χ1v) is 8.99. The molecule has 0 radical (unpaired) electrons. The van der Waals surface area contributed by atoms with Gasteiger partial charge in [-0.05, 0) is 30.7 Å². The molecule has 0 bridgehead atoms. The molecule has 0 saturated carbocycles. The molecular formula is C17H24N2O2S. The molecule has 120 valence electrons. The number of aliphatic hydroxyl groups excluding tert-OH is 1. The molecule has 0 aromatic carbocycles. The lowest BCUT2D eigenvalue weighted by molar-refractivity contribution is -0.137. The number of carbonyl (C=O) groups is 1. The maximum Gasteiger partial charge on any atom is 0.226 e. The number of carbonyl (C=O) groups excluding carboxylic acids is 1. The van der Waals surface area contributed by atoms with Crippen molar-refractivity contribution < 1.29 is 9.90 Å². The summed E-state index contributed by atoms with van der Waals surface area (Å²) in [5, 5.41) is 12.2. The van der Waals surface area contributed by atoms with Crippen molar-refractivity contribution in [2.75, 3.05) is 32.7 Å². The lowest BCUT2D eigenvalue weighted by Crippen LogP contribution is -2.51. The number of hydrogen-bond acceptors (Lipinski definition) is 4. The number of nitrogens with zero attached hydrogens (tertiary/aromatic N) is 2. The number of hydrogen-bond donors (Lipinski definition) is 1. The van der Waals surface area contributed by atoms with Gasteiger partial charge >= 0.3 is 0 Å². The summed E-state index contributed by atoms with van der Waals surface area (Å²) in [6.45, 7) is 3.95. The van der Waals surface area contributed by atoms with Gasteiger partial charge in [-0.3, -0.25) is 9.69 Å². The lowest BCUT2D eigenvalue weighted by atomic mass is 9.93. The Kier molecular flexibility index (Phi) is 5.28. The fraction of sp³-hybridized carbons (Fsp3) is 0.588. The summed E-state index contributed by atoms with van der Waals surface area (Å²) >= 11 is 1.60. The third kappa shape index (κ3) is 3.77. The molecule has 1 aromatic heterocycles. The van der Waals surface area contributed by atoms with Crippen LogP contribution in [0.25, 0.3) is 0 Å². The Bertz CT molecular complexity index is 507. The molecule has 2 atom stereocenters. The lowest BCUT2D eigenvalue weighted by Gasteiger charge is -2.37. The van der Waals surface area contributed by atoms with Gasteiger partial charge < -0.3 is 10.0 Å². The van der Waals surface area contributed by atoms with E-state index in [2.05, 4.69) is 17.1 Å². The van der Waals surface area contributed by atoms with Crippen LogP contribution in [0.1, 0.15) is 30.2 Å². The highest BCUT2D eigenvalue weighted by Gasteiger charge is 2.28. The number of β-amino-alcohol motifs (C(OH)–C–C–N with tert-alkyl or cyclic N) is 1. The second kappa shape index (κ2) is 7.40. The second-order valence-corrected chi connectivity index (χ2v) is 7.12. The topological polar surface area (TPSA) is 43.8 Å². The fourth-order valence-electron chi connectivity index (χ4n) is 3.24. The van der Waals surface area contributed by atoms with Crippen LogP contribution in [0.15, 0.2) is 29.7 Å². The van der Waals surface area contributed by atoms with Crippen molar-refractivity contribution in [2.24, 2.45) is 5.92 Å². The number of aliphatic hydroxyl groups is 1. The minimum Gasteiger partial charge on any atom is -0.386 e. The third-order valence-electron chi connectivity index (χ3n) is 4.61. The SMILES string of the molecule is O=C([C@@H]1CC=CCC1)N1CCN(C[C@H](O)c2cccs2)CC1. The van der Waals surface area contributed by atoms with E-state index in [4.69, 9.17) is 0 Å². The third-order valence-corrected chi connectivity index (χ3v) is 5.58. The van der Waals surface area contributed by atoms with Crippen LogP contribution in [-0.4, -0.2) is 53.5 Å². The van der Waals surface area contributed by atoms with Crippen LogP contribution in [0, 0.1) is 5.92 Å². The monoisotopic (exact) mass is 320 g/mol. The molecule has 3 rings (SSSR count). The van der Waals surface area contributed by atoms with Gasteiger partial charge in [-0.15, -0.1) is 11.3 Å². The van der Waals surface area contributed by atoms with E-state index in [1.54, 1.807) is 11.3 Å². The van der Waals surface area contributed by atoms with Gasteiger partial charge in [0.2, 0.25) is 5.91 Å². The van der Waals surface area contributed by atoms with Crippen LogP contribution < -0.4 is 0 Å². The van der Waals surface area contributed by atoms with E-state index in [0.29, 0.717) is 12.5 Å². The fourth-order valence-corrected chi connectivity index (χ4v) is 3.95. The van der Waals surface area contributed by atoms with Crippen LogP contribution in [0.2, 0.25) is 0 Å². The summed E-state index contributed by atoms with van der Waals surface area (Å²) < 4.78 is 0. The first kappa shape index (κ1) is 15.7. The van der Waals surface area contributed by atoms with E-state index >= 15 is 0 Å². The standard InChI is InChI=1S/C17H24N2O2S/c20-15(16-7-4-12-22-16)13-18-8-10-19(11-9-18)17(21)14-5-2-1-3-6-14/h1-2,4,7,12,14-15,20H,3,5-6,8-11,13H2/t14-,15+/m1/s1. The van der Waals surface area contributed by atoms with Crippen molar-refractivity contribution in [1.29, 1.82) is 0 Å². The largest absolute Gasteiger partial charge is 0.386 e. The molecule has 2 heterocycles. The molecule has 1 amide bonds. The Morgan fingerprint density at radius 2 is 2.14 bits per heavy atom. The Morgan fingerprint density at radius 3 is 2.77 bits per heavy atom. The van der Waals surface area contributed by atoms with Crippen molar-refractivity contribution >= 4 is 17.2 Å². The number of piperazine rings is 1. The summed E-state index contributed by atoms with van der Waals surface area (Å²) in [6.07, 6.45) is 6.82. The minimum atomic E-state index is -0.411. The highest BCUT2D eigenvalue weighted by molar-refractivity contribution is 7.10. The van der Waals surface area contributed by atoms with Gasteiger partial charge in [0.25, 0.3) is 0 Å². The van der Waals surface area contributed by atoms with Crippen molar-refractivity contribution in [3.63, 3.8) is 0 Å². The van der Waals surface area contributed by atoms with E-state index in [-0.39, 0.29) is 5.92 Å². The molecular weight excluding hydrogens is 296 g/mol. The van der Waals surface area contributed by atoms with E-state index < -0.39 is 6.10 Å². The molecule has 22 heavy (non-hydrogen) atoms. The predicted molar refractivity (Wildman–Crippen MR) is 88.8 cm³/mol. The summed E-state index contributed by atoms with van der Waals surface area (Å²) in [7, 11) is 0. The van der Waals surface area contributed by atoms with Crippen molar-refractivity contribution in [3.05, 3.63) is 34.5 Å². The summed E-state index contributed by atoms with van der Waals surface area (Å²) in [4.78, 5) is 17.8. The minimum absolute atomic E-state index is 0.188. The Labute approximate surface area is 136 Å². The normalized spacial score (nSPS) is 24.4. The predicted octanol–water partition coefficient (Wildman–Crippen LogP) is 2.28.